The van der Waals surface area contributed by atoms with Crippen molar-refractivity contribution in [1.29, 1.82) is 0 Å². The molecule has 1 unspecified atom stereocenters. The Bertz CT molecular complexity index is 1550. The fourth-order valence-corrected chi connectivity index (χ4v) is 5.15. The van der Waals surface area contributed by atoms with E-state index < -0.39 is 29.9 Å². The zero-order valence-corrected chi connectivity index (χ0v) is 22.9. The van der Waals surface area contributed by atoms with Crippen molar-refractivity contribution in [3.8, 4) is 11.6 Å². The summed E-state index contributed by atoms with van der Waals surface area (Å²) < 4.78 is 47.9. The van der Waals surface area contributed by atoms with Crippen LogP contribution in [0.1, 0.15) is 23.6 Å². The van der Waals surface area contributed by atoms with E-state index in [2.05, 4.69) is 25.9 Å². The topological polar surface area (TPSA) is 149 Å². The van der Waals surface area contributed by atoms with Gasteiger partial charge in [0, 0.05) is 50.5 Å². The molecule has 1 aromatic heterocycles. The molecule has 5 rings (SSSR count). The number of ether oxygens (including phenoxy) is 1. The first-order valence-corrected chi connectivity index (χ1v) is 13.4. The number of hydrogen-bond acceptors (Lipinski definition) is 7. The van der Waals surface area contributed by atoms with Gasteiger partial charge in [-0.2, -0.15) is 13.2 Å². The van der Waals surface area contributed by atoms with E-state index in [0.717, 1.165) is 16.5 Å². The van der Waals surface area contributed by atoms with Crippen molar-refractivity contribution in [2.45, 2.75) is 32.0 Å². The quantitative estimate of drug-likeness (QED) is 0.327. The lowest BCUT2D eigenvalue weighted by Gasteiger charge is -2.34. The Kier molecular flexibility index (Phi) is 8.34. The van der Waals surface area contributed by atoms with Gasteiger partial charge in [0.15, 0.2) is 0 Å². The first-order chi connectivity index (χ1) is 20.5. The minimum absolute atomic E-state index is 0.0370. The van der Waals surface area contributed by atoms with Crippen molar-refractivity contribution >= 4 is 35.2 Å². The molecule has 226 valence electrons. The third-order valence-electron chi connectivity index (χ3n) is 7.08. The van der Waals surface area contributed by atoms with E-state index in [9.17, 15) is 32.7 Å². The standard InChI is InChI=1S/C28H28F3N7O5/c1-16(39)35-24-13-25(34-15-33-24)43-21-4-5-23-18(11-21)6-8-38(23)26(40)36-19-3-2-17(22(12-19)28(29,30)31)10-20-14-32-7-9-37(20)27(41)42/h2-5,11-13,15,20,32H,6-10,14H2,1H3,(H,36,40)(H,41,42)(H,33,34,35,39). The van der Waals surface area contributed by atoms with Gasteiger partial charge in [-0.3, -0.25) is 9.69 Å². The van der Waals surface area contributed by atoms with Crippen LogP contribution >= 0.6 is 0 Å². The highest BCUT2D eigenvalue weighted by Crippen LogP contribution is 2.36. The van der Waals surface area contributed by atoms with Crippen LogP contribution in [-0.2, 0) is 23.8 Å². The van der Waals surface area contributed by atoms with Crippen LogP contribution in [0, 0.1) is 0 Å². The van der Waals surface area contributed by atoms with E-state index in [1.54, 1.807) is 18.2 Å². The summed E-state index contributed by atoms with van der Waals surface area (Å²) in [6.07, 6.45) is -4.29. The molecule has 2 aliphatic heterocycles. The molecule has 4 N–H and O–H groups in total. The van der Waals surface area contributed by atoms with Gasteiger partial charge in [-0.15, -0.1) is 0 Å². The molecule has 2 aliphatic rings. The molecule has 4 amide bonds. The number of amides is 4. The van der Waals surface area contributed by atoms with Crippen LogP contribution in [0.4, 0.5) is 40.0 Å². The number of anilines is 3. The summed E-state index contributed by atoms with van der Waals surface area (Å²) in [4.78, 5) is 46.5. The molecule has 0 radical (unpaired) electrons. The minimum Gasteiger partial charge on any atom is -0.465 e. The largest absolute Gasteiger partial charge is 0.465 e. The van der Waals surface area contributed by atoms with Crippen LogP contribution in [0.25, 0.3) is 0 Å². The van der Waals surface area contributed by atoms with E-state index in [-0.39, 0.29) is 48.4 Å². The predicted octanol–water partition coefficient (Wildman–Crippen LogP) is 4.34. The SMILES string of the molecule is CC(=O)Nc1cc(Oc2ccc3c(c2)CCN3C(=O)Nc2ccc(CC3CNCCN3C(=O)O)c(C(F)(F)F)c2)ncn1. The number of rotatable bonds is 6. The highest BCUT2D eigenvalue weighted by atomic mass is 19.4. The van der Waals surface area contributed by atoms with Crippen LogP contribution in [0.15, 0.2) is 48.8 Å². The summed E-state index contributed by atoms with van der Waals surface area (Å²) in [6, 6.07) is 8.77. The first-order valence-electron chi connectivity index (χ1n) is 13.4. The first kappa shape index (κ1) is 29.6. The number of benzene rings is 2. The maximum Gasteiger partial charge on any atom is 0.416 e. The summed E-state index contributed by atoms with van der Waals surface area (Å²) >= 11 is 0. The predicted molar refractivity (Wildman–Crippen MR) is 149 cm³/mol. The lowest BCUT2D eigenvalue weighted by molar-refractivity contribution is -0.138. The highest BCUT2D eigenvalue weighted by Gasteiger charge is 2.36. The lowest BCUT2D eigenvalue weighted by atomic mass is 9.97. The van der Waals surface area contributed by atoms with Gasteiger partial charge in [0.2, 0.25) is 11.8 Å². The molecule has 15 heteroatoms. The molecule has 2 aromatic carbocycles. The van der Waals surface area contributed by atoms with Crippen molar-refractivity contribution in [3.05, 3.63) is 65.5 Å². The summed E-state index contributed by atoms with van der Waals surface area (Å²) in [5.74, 6) is 0.616. The van der Waals surface area contributed by atoms with E-state index in [1.807, 2.05) is 0 Å². The molecular weight excluding hydrogens is 571 g/mol. The fourth-order valence-electron chi connectivity index (χ4n) is 5.15. The molecule has 3 aromatic rings. The van der Waals surface area contributed by atoms with Crippen molar-refractivity contribution in [2.24, 2.45) is 0 Å². The molecule has 3 heterocycles. The van der Waals surface area contributed by atoms with E-state index in [4.69, 9.17) is 4.74 Å². The van der Waals surface area contributed by atoms with E-state index in [0.29, 0.717) is 30.9 Å². The number of carbonyl (C=O) groups is 3. The zero-order chi connectivity index (χ0) is 30.7. The maximum absolute atomic E-state index is 14.0. The average Bonchev–Trinajstić information content (AvgIpc) is 3.37. The number of fused-ring (bicyclic) bond motifs is 1. The minimum atomic E-state index is -4.71. The number of halogens is 3. The molecule has 43 heavy (non-hydrogen) atoms. The third-order valence-corrected chi connectivity index (χ3v) is 7.08. The number of hydrogen-bond donors (Lipinski definition) is 4. The Hall–Kier alpha value is -4.92. The fraction of sp³-hybridized carbons (Fsp3) is 0.321. The number of urea groups is 1. The van der Waals surface area contributed by atoms with Crippen molar-refractivity contribution < 1.29 is 37.4 Å². The molecular formula is C28H28F3N7O5. The van der Waals surface area contributed by atoms with Crippen LogP contribution in [0.5, 0.6) is 11.6 Å². The summed E-state index contributed by atoms with van der Waals surface area (Å²) in [5, 5.41) is 17.6. The molecule has 0 aliphatic carbocycles. The maximum atomic E-state index is 14.0. The number of nitrogens with one attached hydrogen (secondary N) is 3. The number of alkyl halides is 3. The van der Waals surface area contributed by atoms with Gasteiger partial charge >= 0.3 is 18.3 Å². The normalized spacial score (nSPS) is 16.4. The van der Waals surface area contributed by atoms with Crippen LogP contribution in [0.3, 0.4) is 0 Å². The van der Waals surface area contributed by atoms with Gasteiger partial charge in [-0.1, -0.05) is 6.07 Å². The van der Waals surface area contributed by atoms with Crippen LogP contribution in [0.2, 0.25) is 0 Å². The van der Waals surface area contributed by atoms with Gasteiger partial charge in [0.25, 0.3) is 0 Å². The van der Waals surface area contributed by atoms with E-state index in [1.165, 1.54) is 36.4 Å². The molecule has 0 spiro atoms. The Labute approximate surface area is 243 Å². The van der Waals surface area contributed by atoms with Gasteiger partial charge in [0.1, 0.15) is 17.9 Å². The number of carboxylic acid groups (broad SMARTS) is 1. The molecule has 0 bridgehead atoms. The second kappa shape index (κ2) is 12.1. The number of nitrogens with zero attached hydrogens (tertiary/aromatic N) is 4. The van der Waals surface area contributed by atoms with Gasteiger partial charge in [-0.25, -0.2) is 19.6 Å². The summed E-state index contributed by atoms with van der Waals surface area (Å²) in [7, 11) is 0. The third kappa shape index (κ3) is 6.94. The number of piperazine rings is 1. The Morgan fingerprint density at radius 3 is 2.65 bits per heavy atom. The van der Waals surface area contributed by atoms with Crippen molar-refractivity contribution in [3.63, 3.8) is 0 Å². The van der Waals surface area contributed by atoms with E-state index >= 15 is 0 Å². The average molecular weight is 600 g/mol. The molecule has 1 fully saturated rings. The Balaban J connectivity index is 1.29. The van der Waals surface area contributed by atoms with Crippen molar-refractivity contribution in [2.75, 3.05) is 41.7 Å². The van der Waals surface area contributed by atoms with Crippen LogP contribution < -0.4 is 25.6 Å². The van der Waals surface area contributed by atoms with Gasteiger partial charge < -0.3 is 30.7 Å². The van der Waals surface area contributed by atoms with Gasteiger partial charge in [-0.05, 0) is 54.3 Å². The molecule has 12 nitrogen and oxygen atoms in total. The highest BCUT2D eigenvalue weighted by molar-refractivity contribution is 6.03. The zero-order valence-electron chi connectivity index (χ0n) is 22.9. The molecule has 0 saturated carbocycles. The second-order valence-corrected chi connectivity index (χ2v) is 10.1. The Morgan fingerprint density at radius 2 is 1.91 bits per heavy atom. The van der Waals surface area contributed by atoms with Crippen molar-refractivity contribution in [1.82, 2.24) is 20.2 Å². The Morgan fingerprint density at radius 1 is 1.09 bits per heavy atom. The second-order valence-electron chi connectivity index (χ2n) is 10.1. The lowest BCUT2D eigenvalue weighted by Crippen LogP contribution is -2.54. The molecule has 1 atom stereocenters. The number of carbonyl (C=O) groups excluding carboxylic acids is 2. The van der Waals surface area contributed by atoms with Gasteiger partial charge in [0.05, 0.1) is 11.6 Å². The molecule has 1 saturated heterocycles. The summed E-state index contributed by atoms with van der Waals surface area (Å²) in [5.41, 5.74) is 0.343. The summed E-state index contributed by atoms with van der Waals surface area (Å²) in [6.45, 7) is 2.49. The monoisotopic (exact) mass is 599 g/mol. The van der Waals surface area contributed by atoms with Crippen LogP contribution in [-0.4, -0.2) is 70.2 Å². The smallest absolute Gasteiger partial charge is 0.416 e. The number of aromatic nitrogens is 2.